The third-order valence-corrected chi connectivity index (χ3v) is 14.8. The summed E-state index contributed by atoms with van der Waals surface area (Å²) in [5.41, 5.74) is 0. The summed E-state index contributed by atoms with van der Waals surface area (Å²) in [5, 5.41) is 8.13. The largest absolute Gasteiger partial charge is 0.309 e. The van der Waals surface area contributed by atoms with Gasteiger partial charge in [-0.15, -0.1) is 0 Å². The third-order valence-electron chi connectivity index (χ3n) is 10.9. The fourth-order valence-electron chi connectivity index (χ4n) is 8.94. The van der Waals surface area contributed by atoms with Crippen LogP contribution in [0.5, 0.6) is 0 Å². The molecule has 0 aromatic rings. The first-order chi connectivity index (χ1) is 18.7. The van der Waals surface area contributed by atoms with E-state index in [1.54, 1.807) is 0 Å². The minimum Gasteiger partial charge on any atom is -0.302 e. The highest BCUT2D eigenvalue weighted by atomic mass is 31.2. The molecule has 6 saturated heterocycles. The van der Waals surface area contributed by atoms with Gasteiger partial charge < -0.3 is 14.7 Å². The van der Waals surface area contributed by atoms with E-state index in [1.807, 2.05) is 0 Å². The standard InChI is InChI=1S/C30H58N7P/c31-38(35-22-10-13-28(35)25-32-16-4-1-5-17-32,36-23-11-14-29(36)26-33-18-6-2-7-19-33)37-24-12-15-30(37)27-34-20-8-3-9-21-34/h28-31H,1-27H2/p+1/t28-,29-,30-/m0/s1. The van der Waals surface area contributed by atoms with Crippen LogP contribution in [0.25, 0.3) is 0 Å². The van der Waals surface area contributed by atoms with Crippen LogP contribution in [0.4, 0.5) is 0 Å². The second kappa shape index (κ2) is 13.3. The number of piperidine rings is 3. The summed E-state index contributed by atoms with van der Waals surface area (Å²) in [5.74, 6) is 0. The molecule has 0 aromatic heterocycles. The van der Waals surface area contributed by atoms with Crippen LogP contribution in [0.1, 0.15) is 96.3 Å². The summed E-state index contributed by atoms with van der Waals surface area (Å²) in [7, 11) is -2.06. The Hall–Kier alpha value is -0.0100. The fourth-order valence-corrected chi connectivity index (χ4v) is 13.1. The van der Waals surface area contributed by atoms with Crippen LogP contribution in [0.3, 0.4) is 0 Å². The zero-order chi connectivity index (χ0) is 25.8. The lowest BCUT2D eigenvalue weighted by Gasteiger charge is -2.47. The first-order valence-electron chi connectivity index (χ1n) is 16.9. The Morgan fingerprint density at radius 2 is 0.684 bits per heavy atom. The molecule has 0 spiro atoms. The molecule has 0 saturated carbocycles. The van der Waals surface area contributed by atoms with Gasteiger partial charge in [0, 0.05) is 57.4 Å². The SMILES string of the molecule is [NH2+]=P(N1CCC[C@H]1CN1CCCCC1)(N1CCC[C@H]1CN1CCCCC1)N1CCC[C@H]1CN1CCCCC1. The van der Waals surface area contributed by atoms with E-state index in [2.05, 4.69) is 28.7 Å². The maximum Gasteiger partial charge on any atom is 0.309 e. The number of nitrogens with two attached hydrogens (primary N) is 1. The topological polar surface area (TPSA) is 45.0 Å². The summed E-state index contributed by atoms with van der Waals surface area (Å²) in [6.07, 6.45) is 20.7. The van der Waals surface area contributed by atoms with E-state index in [1.165, 1.54) is 175 Å². The van der Waals surface area contributed by atoms with Crippen molar-refractivity contribution in [3.05, 3.63) is 0 Å². The van der Waals surface area contributed by atoms with E-state index in [-0.39, 0.29) is 0 Å². The van der Waals surface area contributed by atoms with Gasteiger partial charge in [-0.3, -0.25) is 0 Å². The van der Waals surface area contributed by atoms with Gasteiger partial charge in [0.25, 0.3) is 0 Å². The Morgan fingerprint density at radius 1 is 0.395 bits per heavy atom. The summed E-state index contributed by atoms with van der Waals surface area (Å²) >= 11 is 0. The van der Waals surface area contributed by atoms with Crippen molar-refractivity contribution in [1.82, 2.24) is 28.7 Å². The number of nitrogens with zero attached hydrogens (tertiary/aromatic N) is 6. The smallest absolute Gasteiger partial charge is 0.302 e. The van der Waals surface area contributed by atoms with E-state index in [0.29, 0.717) is 18.1 Å². The molecule has 0 radical (unpaired) electrons. The maximum atomic E-state index is 8.13. The molecule has 6 aliphatic heterocycles. The molecule has 7 nitrogen and oxygen atoms in total. The highest BCUT2D eigenvalue weighted by Gasteiger charge is 2.55. The van der Waals surface area contributed by atoms with Crippen LogP contribution in [-0.4, -0.2) is 125 Å². The van der Waals surface area contributed by atoms with Crippen LogP contribution >= 0.6 is 7.51 Å². The number of likely N-dealkylation sites (tertiary alicyclic amines) is 3. The minimum absolute atomic E-state index is 0.652. The minimum atomic E-state index is -2.06. The molecular weight excluding hydrogens is 489 g/mol. The molecule has 0 amide bonds. The van der Waals surface area contributed by atoms with Gasteiger partial charge in [-0.05, 0) is 116 Å². The predicted molar refractivity (Wildman–Crippen MR) is 159 cm³/mol. The van der Waals surface area contributed by atoms with Crippen molar-refractivity contribution in [1.29, 1.82) is 0 Å². The molecule has 6 aliphatic rings. The number of hydrogen-bond donors (Lipinski definition) is 1. The summed E-state index contributed by atoms with van der Waals surface area (Å²) < 4.78 is 8.89. The fraction of sp³-hybridized carbons (Fsp3) is 1.00. The van der Waals surface area contributed by atoms with Gasteiger partial charge in [-0.25, -0.2) is 19.2 Å². The third kappa shape index (κ3) is 6.25. The van der Waals surface area contributed by atoms with E-state index < -0.39 is 7.51 Å². The lowest BCUT2D eigenvalue weighted by Crippen LogP contribution is -2.59. The Labute approximate surface area is 234 Å². The van der Waals surface area contributed by atoms with Gasteiger partial charge in [0.05, 0.1) is 0 Å². The molecule has 2 N–H and O–H groups in total. The molecular formula is C30H59N7P+. The molecule has 6 rings (SSSR count). The molecule has 0 bridgehead atoms. The van der Waals surface area contributed by atoms with E-state index in [0.717, 1.165) is 0 Å². The highest BCUT2D eigenvalue weighted by Crippen LogP contribution is 2.61. The van der Waals surface area contributed by atoms with Gasteiger partial charge in [0.15, 0.2) is 0 Å². The number of rotatable bonds is 9. The quantitative estimate of drug-likeness (QED) is 0.445. The highest BCUT2D eigenvalue weighted by molar-refractivity contribution is 7.56. The van der Waals surface area contributed by atoms with Crippen molar-refractivity contribution in [2.75, 3.05) is 78.5 Å². The van der Waals surface area contributed by atoms with Crippen molar-refractivity contribution >= 4 is 7.51 Å². The predicted octanol–water partition coefficient (Wildman–Crippen LogP) is 3.54. The molecule has 8 heteroatoms. The molecule has 0 aliphatic carbocycles. The average molecular weight is 549 g/mol. The van der Waals surface area contributed by atoms with Crippen LogP contribution in [-0.2, 0) is 0 Å². The molecule has 6 heterocycles. The second-order valence-corrected chi connectivity index (χ2v) is 16.3. The van der Waals surface area contributed by atoms with Crippen molar-refractivity contribution in [3.8, 4) is 0 Å². The Bertz CT molecular complexity index is 677. The molecule has 6 fully saturated rings. The zero-order valence-electron chi connectivity index (χ0n) is 24.5. The summed E-state index contributed by atoms with van der Waals surface area (Å²) in [6, 6.07) is 1.96. The monoisotopic (exact) mass is 548 g/mol. The molecule has 218 valence electrons. The summed E-state index contributed by atoms with van der Waals surface area (Å²) in [6.45, 7) is 15.3. The van der Waals surface area contributed by atoms with E-state index in [9.17, 15) is 0 Å². The second-order valence-electron chi connectivity index (χ2n) is 13.6. The Morgan fingerprint density at radius 3 is 0.974 bits per heavy atom. The van der Waals surface area contributed by atoms with Crippen molar-refractivity contribution < 1.29 is 5.16 Å². The van der Waals surface area contributed by atoms with Gasteiger partial charge in [-0.1, -0.05) is 19.3 Å². The average Bonchev–Trinajstić information content (AvgIpc) is 3.72. The first kappa shape index (κ1) is 28.1. The molecule has 0 unspecified atom stereocenters. The Kier molecular flexibility index (Phi) is 9.85. The van der Waals surface area contributed by atoms with Gasteiger partial charge in [0.1, 0.15) is 0 Å². The van der Waals surface area contributed by atoms with Gasteiger partial charge in [-0.2, -0.15) is 0 Å². The number of hydrogen-bond acceptors (Lipinski definition) is 3. The van der Waals surface area contributed by atoms with Gasteiger partial charge >= 0.3 is 7.51 Å². The summed E-state index contributed by atoms with van der Waals surface area (Å²) in [4.78, 5) is 8.38. The van der Waals surface area contributed by atoms with Crippen LogP contribution < -0.4 is 5.16 Å². The molecule has 0 aromatic carbocycles. The van der Waals surface area contributed by atoms with Crippen molar-refractivity contribution in [2.24, 2.45) is 0 Å². The lowest BCUT2D eigenvalue weighted by molar-refractivity contribution is -0.117. The van der Waals surface area contributed by atoms with Gasteiger partial charge in [0.2, 0.25) is 0 Å². The normalized spacial score (nSPS) is 34.5. The van der Waals surface area contributed by atoms with E-state index >= 15 is 0 Å². The van der Waals surface area contributed by atoms with Crippen LogP contribution in [0.2, 0.25) is 0 Å². The lowest BCUT2D eigenvalue weighted by atomic mass is 10.1. The molecule has 3 atom stereocenters. The Balaban J connectivity index is 1.26. The molecule has 38 heavy (non-hydrogen) atoms. The van der Waals surface area contributed by atoms with Crippen LogP contribution in [0, 0.1) is 0 Å². The maximum absolute atomic E-state index is 8.13. The van der Waals surface area contributed by atoms with E-state index in [4.69, 9.17) is 5.16 Å². The zero-order valence-corrected chi connectivity index (χ0v) is 25.4. The van der Waals surface area contributed by atoms with Crippen LogP contribution in [0.15, 0.2) is 0 Å². The van der Waals surface area contributed by atoms with Crippen molar-refractivity contribution in [2.45, 2.75) is 114 Å². The first-order valence-corrected chi connectivity index (χ1v) is 18.6. The van der Waals surface area contributed by atoms with Crippen molar-refractivity contribution in [3.63, 3.8) is 0 Å².